The number of nitrogens with zero attached hydrogens (tertiary/aromatic N) is 2. The van der Waals surface area contributed by atoms with E-state index in [0.717, 1.165) is 61.3 Å². The highest BCUT2D eigenvalue weighted by atomic mass is 14.7. The molecule has 0 N–H and O–H groups in total. The molecular weight excluding hydrogens is 581 g/mol. The standard InChI is InChI=1S/C46H32N2/c1-3-14-33(15-4-1)40-19-7-10-22-43(40)37-28-38(44-23-11-8-20-41(44)35-18-13-27-47-31-35)30-39(29-37)45-24-12-9-21-42(45)36-25-26-46(48-32-36)34-16-5-2-6-17-34/h1-32H. The molecule has 0 fully saturated rings. The van der Waals surface area contributed by atoms with E-state index in [-0.39, 0.29) is 0 Å². The summed E-state index contributed by atoms with van der Waals surface area (Å²) in [7, 11) is 0. The minimum atomic E-state index is 0.964. The molecule has 2 aromatic heterocycles. The average molecular weight is 613 g/mol. The van der Waals surface area contributed by atoms with E-state index in [0.29, 0.717) is 0 Å². The maximum absolute atomic E-state index is 4.87. The lowest BCUT2D eigenvalue weighted by Crippen LogP contribution is -1.92. The third kappa shape index (κ3) is 5.84. The summed E-state index contributed by atoms with van der Waals surface area (Å²) in [6.07, 6.45) is 5.76. The minimum Gasteiger partial charge on any atom is -0.264 e. The van der Waals surface area contributed by atoms with Gasteiger partial charge in [-0.1, -0.05) is 146 Å². The van der Waals surface area contributed by atoms with Gasteiger partial charge in [-0.2, -0.15) is 0 Å². The van der Waals surface area contributed by atoms with Crippen LogP contribution in [0.2, 0.25) is 0 Å². The quantitative estimate of drug-likeness (QED) is 0.179. The Hall–Kier alpha value is -6.38. The Morgan fingerprint density at radius 3 is 1.10 bits per heavy atom. The smallest absolute Gasteiger partial charge is 0.0702 e. The molecule has 0 amide bonds. The molecule has 0 aliphatic carbocycles. The number of rotatable bonds is 7. The number of benzene rings is 6. The maximum atomic E-state index is 4.87. The van der Waals surface area contributed by atoms with Crippen LogP contribution in [0.4, 0.5) is 0 Å². The lowest BCUT2D eigenvalue weighted by atomic mass is 9.86. The Morgan fingerprint density at radius 1 is 0.271 bits per heavy atom. The third-order valence-corrected chi connectivity index (χ3v) is 8.85. The van der Waals surface area contributed by atoms with Gasteiger partial charge in [-0.05, 0) is 86.0 Å². The van der Waals surface area contributed by atoms with Crippen LogP contribution in [-0.4, -0.2) is 9.97 Å². The molecular formula is C46H32N2. The van der Waals surface area contributed by atoms with Gasteiger partial charge in [0.25, 0.3) is 0 Å². The van der Waals surface area contributed by atoms with Crippen molar-refractivity contribution in [1.29, 1.82) is 0 Å². The van der Waals surface area contributed by atoms with Crippen molar-refractivity contribution >= 4 is 0 Å². The van der Waals surface area contributed by atoms with Gasteiger partial charge in [-0.15, -0.1) is 0 Å². The lowest BCUT2D eigenvalue weighted by Gasteiger charge is -2.18. The highest BCUT2D eigenvalue weighted by Gasteiger charge is 2.16. The van der Waals surface area contributed by atoms with Gasteiger partial charge in [0.1, 0.15) is 0 Å². The van der Waals surface area contributed by atoms with Crippen molar-refractivity contribution in [3.8, 4) is 78.0 Å². The summed E-state index contributed by atoms with van der Waals surface area (Å²) in [5, 5.41) is 0. The van der Waals surface area contributed by atoms with Crippen molar-refractivity contribution in [2.75, 3.05) is 0 Å². The van der Waals surface area contributed by atoms with Crippen LogP contribution < -0.4 is 0 Å². The maximum Gasteiger partial charge on any atom is 0.0702 e. The fraction of sp³-hybridized carbons (Fsp3) is 0. The molecule has 2 nitrogen and oxygen atoms in total. The molecule has 8 rings (SSSR count). The van der Waals surface area contributed by atoms with Crippen LogP contribution in [0.5, 0.6) is 0 Å². The van der Waals surface area contributed by atoms with Crippen LogP contribution in [0.1, 0.15) is 0 Å². The Balaban J connectivity index is 1.33. The Morgan fingerprint density at radius 2 is 0.667 bits per heavy atom. The van der Waals surface area contributed by atoms with Gasteiger partial charge in [0.2, 0.25) is 0 Å². The average Bonchev–Trinajstić information content (AvgIpc) is 3.19. The fourth-order valence-corrected chi connectivity index (χ4v) is 6.53. The number of hydrogen-bond donors (Lipinski definition) is 0. The minimum absolute atomic E-state index is 0.964. The molecule has 0 saturated carbocycles. The van der Waals surface area contributed by atoms with Gasteiger partial charge in [0.15, 0.2) is 0 Å². The van der Waals surface area contributed by atoms with E-state index in [1.165, 1.54) is 16.7 Å². The second-order valence-electron chi connectivity index (χ2n) is 11.8. The number of hydrogen-bond acceptors (Lipinski definition) is 2. The summed E-state index contributed by atoms with van der Waals surface area (Å²) in [4.78, 5) is 9.31. The number of pyridine rings is 2. The van der Waals surface area contributed by atoms with E-state index >= 15 is 0 Å². The van der Waals surface area contributed by atoms with E-state index in [4.69, 9.17) is 4.98 Å². The first-order chi connectivity index (χ1) is 23.8. The van der Waals surface area contributed by atoms with Crippen molar-refractivity contribution in [3.05, 3.63) is 195 Å². The molecule has 0 unspecified atom stereocenters. The summed E-state index contributed by atoms with van der Waals surface area (Å²) in [5.74, 6) is 0. The predicted molar refractivity (Wildman–Crippen MR) is 200 cm³/mol. The highest BCUT2D eigenvalue weighted by molar-refractivity contribution is 5.94. The first-order valence-electron chi connectivity index (χ1n) is 16.2. The van der Waals surface area contributed by atoms with Crippen molar-refractivity contribution in [2.24, 2.45) is 0 Å². The lowest BCUT2D eigenvalue weighted by molar-refractivity contribution is 1.32. The number of aromatic nitrogens is 2. The Bertz CT molecular complexity index is 2210. The van der Waals surface area contributed by atoms with Crippen LogP contribution in [-0.2, 0) is 0 Å². The summed E-state index contributed by atoms with van der Waals surface area (Å²) >= 11 is 0. The highest BCUT2D eigenvalue weighted by Crippen LogP contribution is 2.42. The van der Waals surface area contributed by atoms with Crippen molar-refractivity contribution < 1.29 is 0 Å². The van der Waals surface area contributed by atoms with Gasteiger partial charge < -0.3 is 0 Å². The second-order valence-corrected chi connectivity index (χ2v) is 11.8. The third-order valence-electron chi connectivity index (χ3n) is 8.85. The molecule has 0 radical (unpaired) electrons. The zero-order chi connectivity index (χ0) is 32.1. The van der Waals surface area contributed by atoms with Crippen LogP contribution in [0.3, 0.4) is 0 Å². The van der Waals surface area contributed by atoms with Crippen molar-refractivity contribution in [2.45, 2.75) is 0 Å². The summed E-state index contributed by atoms with van der Waals surface area (Å²) < 4.78 is 0. The van der Waals surface area contributed by atoms with E-state index < -0.39 is 0 Å². The largest absolute Gasteiger partial charge is 0.264 e. The van der Waals surface area contributed by atoms with E-state index in [1.807, 2.05) is 42.9 Å². The van der Waals surface area contributed by atoms with Gasteiger partial charge >= 0.3 is 0 Å². The first-order valence-corrected chi connectivity index (χ1v) is 16.2. The normalized spacial score (nSPS) is 10.9. The Kier molecular flexibility index (Phi) is 7.96. The monoisotopic (exact) mass is 612 g/mol. The molecule has 48 heavy (non-hydrogen) atoms. The molecule has 0 bridgehead atoms. The molecule has 0 aliphatic heterocycles. The van der Waals surface area contributed by atoms with Gasteiger partial charge in [0, 0.05) is 35.3 Å². The van der Waals surface area contributed by atoms with Crippen LogP contribution >= 0.6 is 0 Å². The van der Waals surface area contributed by atoms with E-state index in [9.17, 15) is 0 Å². The van der Waals surface area contributed by atoms with Crippen LogP contribution in [0.25, 0.3) is 78.0 Å². The molecule has 2 heteroatoms. The van der Waals surface area contributed by atoms with E-state index in [2.05, 4.69) is 157 Å². The van der Waals surface area contributed by atoms with Crippen molar-refractivity contribution in [1.82, 2.24) is 9.97 Å². The zero-order valence-electron chi connectivity index (χ0n) is 26.4. The molecule has 0 aliphatic rings. The predicted octanol–water partition coefficient (Wildman–Crippen LogP) is 12.1. The van der Waals surface area contributed by atoms with Crippen molar-refractivity contribution in [3.63, 3.8) is 0 Å². The molecule has 0 spiro atoms. The van der Waals surface area contributed by atoms with E-state index in [1.54, 1.807) is 0 Å². The second kappa shape index (κ2) is 13.2. The van der Waals surface area contributed by atoms with Gasteiger partial charge in [-0.3, -0.25) is 9.97 Å². The molecule has 6 aromatic carbocycles. The SMILES string of the molecule is c1ccc(-c2ccc(-c3ccccc3-c3cc(-c4ccccc4-c4ccccc4)cc(-c4ccccc4-c4cccnc4)c3)cn2)cc1. The van der Waals surface area contributed by atoms with Gasteiger partial charge in [-0.25, -0.2) is 0 Å². The summed E-state index contributed by atoms with van der Waals surface area (Å²) in [6, 6.07) is 62.3. The van der Waals surface area contributed by atoms with Gasteiger partial charge in [0.05, 0.1) is 5.69 Å². The summed E-state index contributed by atoms with van der Waals surface area (Å²) in [5.41, 5.74) is 15.9. The summed E-state index contributed by atoms with van der Waals surface area (Å²) in [6.45, 7) is 0. The topological polar surface area (TPSA) is 25.8 Å². The molecule has 0 saturated heterocycles. The Labute approximate surface area is 281 Å². The molecule has 0 atom stereocenters. The zero-order valence-corrected chi connectivity index (χ0v) is 26.4. The van der Waals surface area contributed by atoms with Crippen LogP contribution in [0, 0.1) is 0 Å². The molecule has 2 heterocycles. The molecule has 226 valence electrons. The molecule has 8 aromatic rings. The van der Waals surface area contributed by atoms with Crippen LogP contribution in [0.15, 0.2) is 195 Å². The first kappa shape index (κ1) is 29.1. The fourth-order valence-electron chi connectivity index (χ4n) is 6.53.